The van der Waals surface area contributed by atoms with Crippen LogP contribution in [0.25, 0.3) is 0 Å². The smallest absolute Gasteiger partial charge is 0.231 e. The number of thiocarbonyl (C=S) groups is 1. The third kappa shape index (κ3) is 1.57. The summed E-state index contributed by atoms with van der Waals surface area (Å²) in [6.07, 6.45) is 0.375. The van der Waals surface area contributed by atoms with E-state index in [9.17, 15) is 4.79 Å². The molecular formula is C5H6N2OS. The zero-order chi connectivity index (χ0) is 6.85. The number of aliphatic imine (C=N–C) groups is 1. The Morgan fingerprint density at radius 1 is 1.78 bits per heavy atom. The maximum absolute atomic E-state index is 10.6. The lowest BCUT2D eigenvalue weighted by Crippen LogP contribution is -2.33. The van der Waals surface area contributed by atoms with Gasteiger partial charge in [-0.05, 0) is 19.1 Å². The lowest BCUT2D eigenvalue weighted by molar-refractivity contribution is -0.118. The molecule has 0 bridgehead atoms. The number of carbonyl (C=O) groups excluding carboxylic acids is 1. The Balaban J connectivity index is 2.79. The van der Waals surface area contributed by atoms with E-state index in [-0.39, 0.29) is 11.0 Å². The zero-order valence-electron chi connectivity index (χ0n) is 4.97. The summed E-state index contributed by atoms with van der Waals surface area (Å²) in [6, 6.07) is 0. The van der Waals surface area contributed by atoms with Crippen LogP contribution in [0.1, 0.15) is 13.3 Å². The molecule has 1 heterocycles. The van der Waals surface area contributed by atoms with Crippen LogP contribution in [0.4, 0.5) is 0 Å². The Bertz CT molecular complexity index is 197. The van der Waals surface area contributed by atoms with Crippen LogP contribution in [0.2, 0.25) is 0 Å². The van der Waals surface area contributed by atoms with E-state index in [0.717, 1.165) is 5.71 Å². The third-order valence-corrected chi connectivity index (χ3v) is 1.15. The largest absolute Gasteiger partial charge is 0.301 e. The molecule has 0 aromatic carbocycles. The average Bonchev–Trinajstić information content (AvgIpc) is 1.59. The van der Waals surface area contributed by atoms with Gasteiger partial charge in [0.15, 0.2) is 5.11 Å². The Labute approximate surface area is 58.2 Å². The van der Waals surface area contributed by atoms with Gasteiger partial charge in [-0.15, -0.1) is 0 Å². The quantitative estimate of drug-likeness (QED) is 0.493. The van der Waals surface area contributed by atoms with Crippen LogP contribution in [0.5, 0.6) is 0 Å². The molecule has 0 aromatic rings. The van der Waals surface area contributed by atoms with E-state index in [2.05, 4.69) is 22.5 Å². The van der Waals surface area contributed by atoms with Gasteiger partial charge >= 0.3 is 0 Å². The van der Waals surface area contributed by atoms with Crippen molar-refractivity contribution in [3.05, 3.63) is 0 Å². The number of carbonyl (C=O) groups is 1. The van der Waals surface area contributed by atoms with E-state index >= 15 is 0 Å². The van der Waals surface area contributed by atoms with Gasteiger partial charge < -0.3 is 5.32 Å². The van der Waals surface area contributed by atoms with Crippen molar-refractivity contribution in [2.45, 2.75) is 13.3 Å². The van der Waals surface area contributed by atoms with Gasteiger partial charge in [-0.3, -0.25) is 4.79 Å². The summed E-state index contributed by atoms with van der Waals surface area (Å²) in [5.41, 5.74) is 0.781. The number of hydrogen-bond donors (Lipinski definition) is 1. The normalized spacial score (nSPS) is 19.0. The Hall–Kier alpha value is -0.770. The number of amides is 1. The SMILES string of the molecule is CC1=NC(=S)NC(=O)C1. The van der Waals surface area contributed by atoms with Crippen molar-refractivity contribution >= 4 is 28.9 Å². The first-order valence-electron chi connectivity index (χ1n) is 2.56. The Kier molecular flexibility index (Phi) is 1.57. The maximum Gasteiger partial charge on any atom is 0.231 e. The summed E-state index contributed by atoms with van der Waals surface area (Å²) in [5.74, 6) is -0.0625. The Morgan fingerprint density at radius 2 is 2.44 bits per heavy atom. The van der Waals surface area contributed by atoms with Gasteiger partial charge in [-0.2, -0.15) is 0 Å². The molecule has 1 rings (SSSR count). The zero-order valence-corrected chi connectivity index (χ0v) is 5.79. The Morgan fingerprint density at radius 3 is 2.89 bits per heavy atom. The van der Waals surface area contributed by atoms with Crippen molar-refractivity contribution in [2.24, 2.45) is 4.99 Å². The van der Waals surface area contributed by atoms with Gasteiger partial charge in [-0.25, -0.2) is 4.99 Å². The van der Waals surface area contributed by atoms with Gasteiger partial charge in [0.05, 0.1) is 6.42 Å². The molecule has 1 amide bonds. The third-order valence-electron chi connectivity index (χ3n) is 0.955. The molecule has 0 saturated heterocycles. The second kappa shape index (κ2) is 2.23. The van der Waals surface area contributed by atoms with E-state index in [4.69, 9.17) is 0 Å². The van der Waals surface area contributed by atoms with Gasteiger partial charge in [-0.1, -0.05) is 0 Å². The molecule has 0 saturated carbocycles. The summed E-state index contributed by atoms with van der Waals surface area (Å²) >= 11 is 4.64. The molecule has 3 nitrogen and oxygen atoms in total. The molecule has 9 heavy (non-hydrogen) atoms. The fourth-order valence-corrected chi connectivity index (χ4v) is 0.906. The fourth-order valence-electron chi connectivity index (χ4n) is 0.637. The minimum Gasteiger partial charge on any atom is -0.301 e. The summed E-state index contributed by atoms with van der Waals surface area (Å²) < 4.78 is 0. The summed E-state index contributed by atoms with van der Waals surface area (Å²) in [7, 11) is 0. The highest BCUT2D eigenvalue weighted by molar-refractivity contribution is 7.80. The molecule has 0 radical (unpaired) electrons. The van der Waals surface area contributed by atoms with Crippen LogP contribution in [0.15, 0.2) is 4.99 Å². The standard InChI is InChI=1S/C5H6N2OS/c1-3-2-4(8)7-5(9)6-3/h2H2,1H3,(H,7,8,9). The van der Waals surface area contributed by atoms with Crippen LogP contribution >= 0.6 is 12.2 Å². The predicted molar refractivity (Wildman–Crippen MR) is 38.5 cm³/mol. The molecule has 0 atom stereocenters. The van der Waals surface area contributed by atoms with E-state index in [1.54, 1.807) is 6.92 Å². The molecule has 48 valence electrons. The molecule has 4 heteroatoms. The number of nitrogens with zero attached hydrogens (tertiary/aromatic N) is 1. The minimum absolute atomic E-state index is 0.0625. The number of hydrogen-bond acceptors (Lipinski definition) is 2. The van der Waals surface area contributed by atoms with Crippen molar-refractivity contribution in [1.82, 2.24) is 5.32 Å². The van der Waals surface area contributed by atoms with Crippen molar-refractivity contribution in [3.8, 4) is 0 Å². The predicted octanol–water partition coefficient (Wildman–Crippen LogP) is 0.252. The average molecular weight is 142 g/mol. The minimum atomic E-state index is -0.0625. The highest BCUT2D eigenvalue weighted by Gasteiger charge is 2.10. The second-order valence-corrected chi connectivity index (χ2v) is 2.26. The molecule has 0 aromatic heterocycles. The summed E-state index contributed by atoms with van der Waals surface area (Å²) in [6.45, 7) is 1.78. The first kappa shape index (κ1) is 6.35. The first-order chi connectivity index (χ1) is 4.18. The van der Waals surface area contributed by atoms with E-state index < -0.39 is 0 Å². The molecule has 1 aliphatic rings. The second-order valence-electron chi connectivity index (χ2n) is 1.88. The topological polar surface area (TPSA) is 41.5 Å². The molecule has 0 fully saturated rings. The van der Waals surface area contributed by atoms with Gasteiger partial charge in [0.1, 0.15) is 0 Å². The van der Waals surface area contributed by atoms with E-state index in [1.165, 1.54) is 0 Å². The van der Waals surface area contributed by atoms with Crippen molar-refractivity contribution in [1.29, 1.82) is 0 Å². The van der Waals surface area contributed by atoms with Crippen molar-refractivity contribution in [2.75, 3.05) is 0 Å². The van der Waals surface area contributed by atoms with Crippen LogP contribution in [-0.2, 0) is 4.79 Å². The van der Waals surface area contributed by atoms with Crippen LogP contribution < -0.4 is 5.32 Å². The van der Waals surface area contributed by atoms with Crippen LogP contribution in [0, 0.1) is 0 Å². The maximum atomic E-state index is 10.6. The molecular weight excluding hydrogens is 136 g/mol. The molecule has 0 aliphatic carbocycles. The lowest BCUT2D eigenvalue weighted by Gasteiger charge is -2.08. The number of nitrogens with one attached hydrogen (secondary N) is 1. The van der Waals surface area contributed by atoms with Gasteiger partial charge in [0.2, 0.25) is 5.91 Å². The van der Waals surface area contributed by atoms with Crippen LogP contribution in [-0.4, -0.2) is 16.7 Å². The van der Waals surface area contributed by atoms with E-state index in [0.29, 0.717) is 6.42 Å². The summed E-state index contributed by atoms with van der Waals surface area (Å²) in [4.78, 5) is 14.5. The van der Waals surface area contributed by atoms with E-state index in [1.807, 2.05) is 0 Å². The highest BCUT2D eigenvalue weighted by atomic mass is 32.1. The molecule has 1 N–H and O–H groups in total. The number of rotatable bonds is 0. The lowest BCUT2D eigenvalue weighted by atomic mass is 10.2. The highest BCUT2D eigenvalue weighted by Crippen LogP contribution is 1.94. The van der Waals surface area contributed by atoms with Gasteiger partial charge in [0, 0.05) is 5.71 Å². The summed E-state index contributed by atoms with van der Waals surface area (Å²) in [5, 5.41) is 2.70. The van der Waals surface area contributed by atoms with Gasteiger partial charge in [0.25, 0.3) is 0 Å². The molecule has 1 aliphatic heterocycles. The monoisotopic (exact) mass is 142 g/mol. The molecule has 0 spiro atoms. The van der Waals surface area contributed by atoms with Crippen molar-refractivity contribution < 1.29 is 4.79 Å². The van der Waals surface area contributed by atoms with Crippen molar-refractivity contribution in [3.63, 3.8) is 0 Å². The molecule has 0 unspecified atom stereocenters. The first-order valence-corrected chi connectivity index (χ1v) is 2.97. The van der Waals surface area contributed by atoms with Crippen LogP contribution in [0.3, 0.4) is 0 Å². The fraction of sp³-hybridized carbons (Fsp3) is 0.400.